The molecule has 1 saturated heterocycles. The number of H-pyrrole nitrogens is 1. The Bertz CT molecular complexity index is 821. The van der Waals surface area contributed by atoms with Crippen molar-refractivity contribution in [3.05, 3.63) is 33.1 Å². The van der Waals surface area contributed by atoms with Gasteiger partial charge in [-0.15, -0.1) is 0 Å². The standard InChI is InChI=1S/C15H15N3O3/c19-12-10(15(20)21)7-16-13-11(12)8-3-1-4-9(8)14(17-13)18-5-2-6-18/h7H,1-6H2,(H,20,21)(H,16,17,19). The summed E-state index contributed by atoms with van der Waals surface area (Å²) in [7, 11) is 0. The van der Waals surface area contributed by atoms with Crippen LogP contribution in [0.15, 0.2) is 11.0 Å². The highest BCUT2D eigenvalue weighted by Crippen LogP contribution is 2.35. The minimum Gasteiger partial charge on any atom is -0.477 e. The van der Waals surface area contributed by atoms with E-state index in [4.69, 9.17) is 5.11 Å². The van der Waals surface area contributed by atoms with Gasteiger partial charge in [-0.25, -0.2) is 9.78 Å². The number of fused-ring (bicyclic) bond motifs is 3. The van der Waals surface area contributed by atoms with Gasteiger partial charge >= 0.3 is 5.97 Å². The van der Waals surface area contributed by atoms with E-state index in [-0.39, 0.29) is 5.56 Å². The molecule has 0 atom stereocenters. The summed E-state index contributed by atoms with van der Waals surface area (Å²) in [5, 5.41) is 9.58. The number of aromatic amines is 1. The lowest BCUT2D eigenvalue weighted by Gasteiger charge is -2.33. The summed E-state index contributed by atoms with van der Waals surface area (Å²) in [5.41, 5.74) is 2.00. The lowest BCUT2D eigenvalue weighted by molar-refractivity contribution is 0.0695. The molecule has 1 aliphatic heterocycles. The lowest BCUT2D eigenvalue weighted by Crippen LogP contribution is -2.38. The minimum absolute atomic E-state index is 0.213. The predicted molar refractivity (Wildman–Crippen MR) is 78.2 cm³/mol. The zero-order valence-electron chi connectivity index (χ0n) is 11.5. The number of carboxylic acids is 1. The maximum absolute atomic E-state index is 12.4. The Balaban J connectivity index is 2.05. The Labute approximate surface area is 120 Å². The number of carboxylic acid groups (broad SMARTS) is 1. The van der Waals surface area contributed by atoms with Gasteiger partial charge in [-0.3, -0.25) is 4.79 Å². The molecule has 2 aliphatic rings. The van der Waals surface area contributed by atoms with Crippen LogP contribution in [0.1, 0.15) is 34.3 Å². The maximum Gasteiger partial charge on any atom is 0.341 e. The Morgan fingerprint density at radius 3 is 2.67 bits per heavy atom. The third-order valence-corrected chi connectivity index (χ3v) is 4.45. The second kappa shape index (κ2) is 4.31. The van der Waals surface area contributed by atoms with Crippen LogP contribution in [-0.2, 0) is 12.8 Å². The summed E-state index contributed by atoms with van der Waals surface area (Å²) in [4.78, 5) is 33.3. The molecule has 0 saturated carbocycles. The van der Waals surface area contributed by atoms with Crippen LogP contribution in [0.4, 0.5) is 5.82 Å². The second-order valence-corrected chi connectivity index (χ2v) is 5.65. The molecule has 6 heteroatoms. The molecule has 0 bridgehead atoms. The van der Waals surface area contributed by atoms with Gasteiger partial charge in [-0.2, -0.15) is 0 Å². The summed E-state index contributed by atoms with van der Waals surface area (Å²) in [6, 6.07) is 0. The van der Waals surface area contributed by atoms with Crippen LogP contribution in [0.5, 0.6) is 0 Å². The van der Waals surface area contributed by atoms with Gasteiger partial charge in [-0.05, 0) is 36.8 Å². The monoisotopic (exact) mass is 285 g/mol. The molecule has 0 aromatic carbocycles. The zero-order valence-corrected chi connectivity index (χ0v) is 11.5. The van der Waals surface area contributed by atoms with Crippen molar-refractivity contribution in [1.29, 1.82) is 0 Å². The van der Waals surface area contributed by atoms with E-state index in [2.05, 4.69) is 14.9 Å². The minimum atomic E-state index is -1.20. The van der Waals surface area contributed by atoms with Gasteiger partial charge in [0.2, 0.25) is 5.43 Å². The van der Waals surface area contributed by atoms with Crippen molar-refractivity contribution in [2.75, 3.05) is 18.0 Å². The van der Waals surface area contributed by atoms with E-state index in [1.54, 1.807) is 0 Å². The van der Waals surface area contributed by atoms with Crippen LogP contribution < -0.4 is 10.3 Å². The number of aromatic carboxylic acids is 1. The van der Waals surface area contributed by atoms with E-state index in [0.717, 1.165) is 49.3 Å². The summed E-state index contributed by atoms with van der Waals surface area (Å²) < 4.78 is 0. The fourth-order valence-corrected chi connectivity index (χ4v) is 3.28. The first-order chi connectivity index (χ1) is 10.2. The van der Waals surface area contributed by atoms with Crippen molar-refractivity contribution in [1.82, 2.24) is 9.97 Å². The third-order valence-electron chi connectivity index (χ3n) is 4.45. The Hall–Kier alpha value is -2.37. The van der Waals surface area contributed by atoms with Crippen molar-refractivity contribution in [2.24, 2.45) is 0 Å². The molecular weight excluding hydrogens is 270 g/mol. The normalized spacial score (nSPS) is 16.9. The van der Waals surface area contributed by atoms with Gasteiger partial charge in [0.05, 0.1) is 5.39 Å². The van der Waals surface area contributed by atoms with Gasteiger partial charge < -0.3 is 15.0 Å². The molecule has 2 aromatic rings. The quantitative estimate of drug-likeness (QED) is 0.869. The number of carbonyl (C=O) groups is 1. The van der Waals surface area contributed by atoms with Gasteiger partial charge in [0, 0.05) is 19.3 Å². The van der Waals surface area contributed by atoms with Crippen LogP contribution in [0, 0.1) is 0 Å². The first-order valence-corrected chi connectivity index (χ1v) is 7.22. The van der Waals surface area contributed by atoms with E-state index in [1.807, 2.05) is 0 Å². The number of hydrogen-bond donors (Lipinski definition) is 2. The first kappa shape index (κ1) is 12.4. The fourth-order valence-electron chi connectivity index (χ4n) is 3.28. The number of rotatable bonds is 2. The van der Waals surface area contributed by atoms with Crippen molar-refractivity contribution in [3.63, 3.8) is 0 Å². The molecule has 4 rings (SSSR count). The van der Waals surface area contributed by atoms with Crippen LogP contribution in [0.25, 0.3) is 11.0 Å². The Morgan fingerprint density at radius 2 is 2.00 bits per heavy atom. The number of hydrogen-bond acceptors (Lipinski definition) is 4. The molecule has 1 aliphatic carbocycles. The molecule has 1 fully saturated rings. The number of aromatic nitrogens is 2. The van der Waals surface area contributed by atoms with E-state index in [9.17, 15) is 9.59 Å². The van der Waals surface area contributed by atoms with Gasteiger partial charge in [0.15, 0.2) is 0 Å². The number of nitrogens with zero attached hydrogens (tertiary/aromatic N) is 2. The molecule has 21 heavy (non-hydrogen) atoms. The SMILES string of the molecule is O=C(O)c1c[nH]c2nc(N3CCC3)c3c(c2c1=O)CCC3. The van der Waals surface area contributed by atoms with Crippen LogP contribution in [0.3, 0.4) is 0 Å². The largest absolute Gasteiger partial charge is 0.477 e. The topological polar surface area (TPSA) is 86.3 Å². The van der Waals surface area contributed by atoms with Crippen molar-refractivity contribution in [2.45, 2.75) is 25.7 Å². The molecule has 6 nitrogen and oxygen atoms in total. The van der Waals surface area contributed by atoms with Crippen LogP contribution >= 0.6 is 0 Å². The predicted octanol–water partition coefficient (Wildman–Crippen LogP) is 1.32. The number of aryl methyl sites for hydroxylation is 1. The summed E-state index contributed by atoms with van der Waals surface area (Å²) in [5.74, 6) is -0.225. The molecule has 0 spiro atoms. The average molecular weight is 285 g/mol. The lowest BCUT2D eigenvalue weighted by atomic mass is 10.0. The summed E-state index contributed by atoms with van der Waals surface area (Å²) >= 11 is 0. The maximum atomic E-state index is 12.4. The van der Waals surface area contributed by atoms with Crippen molar-refractivity contribution < 1.29 is 9.90 Å². The first-order valence-electron chi connectivity index (χ1n) is 7.22. The van der Waals surface area contributed by atoms with E-state index >= 15 is 0 Å². The highest BCUT2D eigenvalue weighted by atomic mass is 16.4. The van der Waals surface area contributed by atoms with Crippen LogP contribution in [0.2, 0.25) is 0 Å². The molecule has 0 amide bonds. The number of nitrogens with one attached hydrogen (secondary N) is 1. The fraction of sp³-hybridized carbons (Fsp3) is 0.400. The van der Waals surface area contributed by atoms with Gasteiger partial charge in [-0.1, -0.05) is 0 Å². The molecule has 0 unspecified atom stereocenters. The third kappa shape index (κ3) is 1.68. The highest BCUT2D eigenvalue weighted by molar-refractivity contribution is 5.93. The molecular formula is C15H15N3O3. The molecule has 2 aromatic heterocycles. The van der Waals surface area contributed by atoms with E-state index < -0.39 is 11.4 Å². The van der Waals surface area contributed by atoms with Crippen molar-refractivity contribution >= 4 is 22.8 Å². The van der Waals surface area contributed by atoms with E-state index in [1.165, 1.54) is 12.6 Å². The zero-order chi connectivity index (χ0) is 14.6. The van der Waals surface area contributed by atoms with Crippen molar-refractivity contribution in [3.8, 4) is 0 Å². The van der Waals surface area contributed by atoms with E-state index in [0.29, 0.717) is 11.0 Å². The Kier molecular flexibility index (Phi) is 2.54. The Morgan fingerprint density at radius 1 is 1.24 bits per heavy atom. The van der Waals surface area contributed by atoms with Gasteiger partial charge in [0.25, 0.3) is 0 Å². The summed E-state index contributed by atoms with van der Waals surface area (Å²) in [6.45, 7) is 2.00. The molecule has 108 valence electrons. The smallest absolute Gasteiger partial charge is 0.341 e. The highest BCUT2D eigenvalue weighted by Gasteiger charge is 2.27. The molecule has 0 radical (unpaired) electrons. The second-order valence-electron chi connectivity index (χ2n) is 5.65. The van der Waals surface area contributed by atoms with Crippen LogP contribution in [-0.4, -0.2) is 34.1 Å². The molecule has 3 heterocycles. The average Bonchev–Trinajstić information content (AvgIpc) is 2.85. The summed E-state index contributed by atoms with van der Waals surface area (Å²) in [6.07, 6.45) is 5.15. The number of pyridine rings is 2. The van der Waals surface area contributed by atoms with Gasteiger partial charge in [0.1, 0.15) is 17.0 Å². The number of anilines is 1. The molecule has 2 N–H and O–H groups in total.